The van der Waals surface area contributed by atoms with Crippen molar-refractivity contribution < 1.29 is 13.2 Å². The lowest BCUT2D eigenvalue weighted by Crippen LogP contribution is -2.48. The predicted octanol–water partition coefficient (Wildman–Crippen LogP) is -1.06. The van der Waals surface area contributed by atoms with Crippen LogP contribution in [0, 0.1) is 0 Å². The third-order valence-corrected chi connectivity index (χ3v) is 4.21. The highest BCUT2D eigenvalue weighted by Crippen LogP contribution is 2.18. The van der Waals surface area contributed by atoms with Crippen LogP contribution in [0.2, 0.25) is 0 Å². The molecule has 0 aromatic heterocycles. The second-order valence-corrected chi connectivity index (χ2v) is 6.33. The molecule has 1 aliphatic heterocycles. The molecule has 2 rings (SSSR count). The van der Waals surface area contributed by atoms with Crippen molar-refractivity contribution in [3.8, 4) is 0 Å². The van der Waals surface area contributed by atoms with E-state index in [1.54, 1.807) is 12.1 Å². The Morgan fingerprint density at radius 1 is 1.10 bits per heavy atom. The maximum absolute atomic E-state index is 11.2. The van der Waals surface area contributed by atoms with Crippen LogP contribution >= 0.6 is 0 Å². The average Bonchev–Trinajstić information content (AvgIpc) is 2.38. The van der Waals surface area contributed by atoms with Gasteiger partial charge in [0.2, 0.25) is 15.9 Å². The topological polar surface area (TPSA) is 110 Å². The summed E-state index contributed by atoms with van der Waals surface area (Å²) in [6.07, 6.45) is 0. The maximum atomic E-state index is 11.2. The minimum absolute atomic E-state index is 0.105. The van der Waals surface area contributed by atoms with Crippen LogP contribution in [0.15, 0.2) is 29.2 Å². The number of amides is 1. The van der Waals surface area contributed by atoms with E-state index in [9.17, 15) is 13.2 Å². The molecule has 0 spiro atoms. The van der Waals surface area contributed by atoms with Crippen molar-refractivity contribution in [2.24, 2.45) is 10.9 Å². The second-order valence-electron chi connectivity index (χ2n) is 4.77. The Kier molecular flexibility index (Phi) is 4.26. The van der Waals surface area contributed by atoms with Gasteiger partial charge in [-0.1, -0.05) is 0 Å². The normalized spacial score (nSPS) is 17.1. The molecule has 1 aromatic carbocycles. The Labute approximate surface area is 118 Å². The van der Waals surface area contributed by atoms with Gasteiger partial charge in [-0.05, 0) is 24.3 Å². The van der Waals surface area contributed by atoms with E-state index < -0.39 is 10.0 Å². The number of benzene rings is 1. The number of anilines is 1. The average molecular weight is 298 g/mol. The number of hydrogen-bond acceptors (Lipinski definition) is 5. The molecular formula is C12H18N4O3S. The van der Waals surface area contributed by atoms with Crippen molar-refractivity contribution in [2.45, 2.75) is 4.90 Å². The van der Waals surface area contributed by atoms with Gasteiger partial charge in [-0.15, -0.1) is 0 Å². The molecule has 20 heavy (non-hydrogen) atoms. The number of nitrogens with zero attached hydrogens (tertiary/aromatic N) is 2. The summed E-state index contributed by atoms with van der Waals surface area (Å²) in [5.41, 5.74) is 6.10. The van der Waals surface area contributed by atoms with Gasteiger partial charge in [-0.2, -0.15) is 0 Å². The zero-order chi connectivity index (χ0) is 14.8. The number of carbonyl (C=O) groups excluding carboxylic acids is 1. The zero-order valence-corrected chi connectivity index (χ0v) is 11.8. The molecule has 110 valence electrons. The van der Waals surface area contributed by atoms with Gasteiger partial charge < -0.3 is 10.6 Å². The highest BCUT2D eigenvalue weighted by atomic mass is 32.2. The van der Waals surface area contributed by atoms with E-state index in [1.165, 1.54) is 12.1 Å². The third kappa shape index (κ3) is 3.69. The third-order valence-electron chi connectivity index (χ3n) is 3.28. The van der Waals surface area contributed by atoms with Gasteiger partial charge in [-0.3, -0.25) is 9.69 Å². The number of rotatable bonds is 4. The number of carbonyl (C=O) groups is 1. The van der Waals surface area contributed by atoms with E-state index in [-0.39, 0.29) is 17.3 Å². The van der Waals surface area contributed by atoms with Crippen molar-refractivity contribution in [2.75, 3.05) is 37.6 Å². The van der Waals surface area contributed by atoms with Gasteiger partial charge in [0.1, 0.15) is 0 Å². The number of primary amides is 1. The van der Waals surface area contributed by atoms with Crippen LogP contribution in [0.3, 0.4) is 0 Å². The SMILES string of the molecule is NC(=O)CN1CCN(c2ccc(S(N)(=O)=O)cc2)CC1. The van der Waals surface area contributed by atoms with Crippen LogP contribution in [-0.4, -0.2) is 51.9 Å². The first-order valence-corrected chi connectivity index (χ1v) is 7.79. The van der Waals surface area contributed by atoms with Gasteiger partial charge in [-0.25, -0.2) is 13.6 Å². The summed E-state index contributed by atoms with van der Waals surface area (Å²) in [6, 6.07) is 6.48. The van der Waals surface area contributed by atoms with Gasteiger partial charge in [0, 0.05) is 31.9 Å². The summed E-state index contributed by atoms with van der Waals surface area (Å²) in [6.45, 7) is 3.31. The standard InChI is InChI=1S/C12H18N4O3S/c13-12(17)9-15-5-7-16(8-6-15)10-1-3-11(4-2-10)20(14,18)19/h1-4H,5-9H2,(H2,13,17)(H2,14,18,19). The van der Waals surface area contributed by atoms with Gasteiger partial charge in [0.25, 0.3) is 0 Å². The Hall–Kier alpha value is -1.64. The van der Waals surface area contributed by atoms with Gasteiger partial charge in [0.05, 0.1) is 11.4 Å². The lowest BCUT2D eigenvalue weighted by atomic mass is 10.2. The molecule has 0 bridgehead atoms. The number of sulfonamides is 1. The zero-order valence-electron chi connectivity index (χ0n) is 11.0. The van der Waals surface area contributed by atoms with Crippen molar-refractivity contribution >= 4 is 21.6 Å². The van der Waals surface area contributed by atoms with Crippen LogP contribution in [-0.2, 0) is 14.8 Å². The molecule has 0 radical (unpaired) electrons. The molecule has 1 heterocycles. The Morgan fingerprint density at radius 3 is 2.10 bits per heavy atom. The van der Waals surface area contributed by atoms with E-state index in [4.69, 9.17) is 10.9 Å². The van der Waals surface area contributed by atoms with Crippen LogP contribution in [0.5, 0.6) is 0 Å². The molecule has 0 saturated carbocycles. The molecule has 0 aliphatic carbocycles. The van der Waals surface area contributed by atoms with E-state index >= 15 is 0 Å². The fraction of sp³-hybridized carbons (Fsp3) is 0.417. The Morgan fingerprint density at radius 2 is 1.65 bits per heavy atom. The lowest BCUT2D eigenvalue weighted by Gasteiger charge is -2.35. The monoisotopic (exact) mass is 298 g/mol. The van der Waals surface area contributed by atoms with E-state index in [0.29, 0.717) is 0 Å². The Balaban J connectivity index is 1.99. The van der Waals surface area contributed by atoms with E-state index in [0.717, 1.165) is 31.9 Å². The number of piperazine rings is 1. The van der Waals surface area contributed by atoms with Crippen molar-refractivity contribution in [3.05, 3.63) is 24.3 Å². The molecule has 0 unspecified atom stereocenters. The maximum Gasteiger partial charge on any atom is 0.238 e. The summed E-state index contributed by atoms with van der Waals surface area (Å²) in [4.78, 5) is 15.1. The van der Waals surface area contributed by atoms with Gasteiger partial charge in [0.15, 0.2) is 0 Å². The summed E-state index contributed by atoms with van der Waals surface area (Å²) in [5, 5.41) is 5.06. The molecule has 1 amide bonds. The summed E-state index contributed by atoms with van der Waals surface area (Å²) in [7, 11) is -3.65. The van der Waals surface area contributed by atoms with Crippen LogP contribution in [0.25, 0.3) is 0 Å². The van der Waals surface area contributed by atoms with Crippen molar-refractivity contribution in [1.82, 2.24) is 4.90 Å². The molecule has 4 N–H and O–H groups in total. The molecule has 1 fully saturated rings. The second kappa shape index (κ2) is 5.78. The summed E-state index contributed by atoms with van der Waals surface area (Å²) < 4.78 is 22.4. The number of nitrogens with two attached hydrogens (primary N) is 2. The summed E-state index contributed by atoms with van der Waals surface area (Å²) >= 11 is 0. The first-order valence-electron chi connectivity index (χ1n) is 6.25. The minimum Gasteiger partial charge on any atom is -0.369 e. The number of hydrogen-bond donors (Lipinski definition) is 2. The van der Waals surface area contributed by atoms with E-state index in [1.807, 2.05) is 4.90 Å². The molecule has 1 saturated heterocycles. The molecule has 1 aliphatic rings. The highest BCUT2D eigenvalue weighted by molar-refractivity contribution is 7.89. The summed E-state index contributed by atoms with van der Waals surface area (Å²) in [5.74, 6) is -0.323. The molecule has 8 heteroatoms. The first kappa shape index (κ1) is 14.8. The molecule has 0 atom stereocenters. The van der Waals surface area contributed by atoms with Gasteiger partial charge >= 0.3 is 0 Å². The smallest absolute Gasteiger partial charge is 0.238 e. The number of primary sulfonamides is 1. The highest BCUT2D eigenvalue weighted by Gasteiger charge is 2.18. The fourth-order valence-electron chi connectivity index (χ4n) is 2.23. The predicted molar refractivity (Wildman–Crippen MR) is 75.7 cm³/mol. The van der Waals surface area contributed by atoms with Crippen LogP contribution in [0.1, 0.15) is 0 Å². The largest absolute Gasteiger partial charge is 0.369 e. The molecule has 7 nitrogen and oxygen atoms in total. The minimum atomic E-state index is -3.65. The van der Waals surface area contributed by atoms with Crippen molar-refractivity contribution in [3.63, 3.8) is 0 Å². The van der Waals surface area contributed by atoms with Crippen LogP contribution in [0.4, 0.5) is 5.69 Å². The molecule has 1 aromatic rings. The Bertz CT molecular complexity index is 577. The van der Waals surface area contributed by atoms with E-state index in [2.05, 4.69) is 4.90 Å². The molecular weight excluding hydrogens is 280 g/mol. The quantitative estimate of drug-likeness (QED) is 0.736. The lowest BCUT2D eigenvalue weighted by molar-refractivity contribution is -0.119. The van der Waals surface area contributed by atoms with Crippen LogP contribution < -0.4 is 15.8 Å². The first-order chi connectivity index (χ1) is 9.36. The van der Waals surface area contributed by atoms with Crippen molar-refractivity contribution in [1.29, 1.82) is 0 Å². The fourth-order valence-corrected chi connectivity index (χ4v) is 2.75.